The minimum Gasteiger partial charge on any atom is -0.294 e. The molecule has 1 aliphatic rings. The van der Waals surface area contributed by atoms with Gasteiger partial charge in [0.1, 0.15) is 4.32 Å². The molecule has 13 heavy (non-hydrogen) atoms. The van der Waals surface area contributed by atoms with E-state index in [4.69, 9.17) is 12.2 Å². The Balaban J connectivity index is 2.77. The highest BCUT2D eigenvalue weighted by Crippen LogP contribution is 2.29. The van der Waals surface area contributed by atoms with Crippen molar-refractivity contribution in [3.05, 3.63) is 0 Å². The molecule has 1 rings (SSSR count). The van der Waals surface area contributed by atoms with E-state index in [0.717, 1.165) is 10.1 Å². The maximum absolute atomic E-state index is 11.6. The quantitative estimate of drug-likeness (QED) is 0.662. The van der Waals surface area contributed by atoms with Gasteiger partial charge in [-0.1, -0.05) is 44.8 Å². The van der Waals surface area contributed by atoms with Crippen LogP contribution in [0.4, 0.5) is 0 Å². The monoisotopic (exact) mass is 217 g/mol. The topological polar surface area (TPSA) is 20.3 Å². The molecular weight excluding hydrogens is 202 g/mol. The van der Waals surface area contributed by atoms with Crippen molar-refractivity contribution in [1.82, 2.24) is 4.90 Å². The van der Waals surface area contributed by atoms with E-state index < -0.39 is 0 Å². The first-order valence-electron chi connectivity index (χ1n) is 4.56. The molecule has 0 aliphatic carbocycles. The zero-order chi connectivity index (χ0) is 10.0. The summed E-state index contributed by atoms with van der Waals surface area (Å²) in [6.07, 6.45) is 0.546. The Morgan fingerprint density at radius 1 is 1.77 bits per heavy atom. The van der Waals surface area contributed by atoms with E-state index in [9.17, 15) is 4.79 Å². The first-order chi connectivity index (χ1) is 6.07. The number of hydrogen-bond acceptors (Lipinski definition) is 3. The number of nitrogens with zero attached hydrogens (tertiary/aromatic N) is 1. The Kier molecular flexibility index (Phi) is 3.74. The first-order valence-corrected chi connectivity index (χ1v) is 5.96. The molecule has 0 aromatic rings. The lowest BCUT2D eigenvalue weighted by molar-refractivity contribution is -0.128. The third-order valence-electron chi connectivity index (χ3n) is 2.25. The minimum atomic E-state index is 0.161. The molecular formula is C9H15NOS2. The average molecular weight is 217 g/mol. The summed E-state index contributed by atoms with van der Waals surface area (Å²) in [5.41, 5.74) is 0. The van der Waals surface area contributed by atoms with E-state index in [-0.39, 0.29) is 5.91 Å². The van der Waals surface area contributed by atoms with E-state index >= 15 is 0 Å². The van der Waals surface area contributed by atoms with Crippen LogP contribution in [0, 0.1) is 5.92 Å². The summed E-state index contributed by atoms with van der Waals surface area (Å²) >= 11 is 6.77. The van der Waals surface area contributed by atoms with Gasteiger partial charge in [0.05, 0.1) is 0 Å². The normalized spacial score (nSPS) is 22.9. The molecule has 1 fully saturated rings. The van der Waals surface area contributed by atoms with Gasteiger partial charge < -0.3 is 0 Å². The summed E-state index contributed by atoms with van der Waals surface area (Å²) in [4.78, 5) is 13.4. The molecule has 0 aromatic heterocycles. The number of thioether (sulfide) groups is 1. The predicted octanol–water partition coefficient (Wildman–Crippen LogP) is 2.28. The second-order valence-electron chi connectivity index (χ2n) is 3.51. The summed E-state index contributed by atoms with van der Waals surface area (Å²) in [5, 5.41) is 0. The molecule has 1 atom stereocenters. The van der Waals surface area contributed by atoms with Gasteiger partial charge in [-0.2, -0.15) is 0 Å². The van der Waals surface area contributed by atoms with Crippen LogP contribution in [0.15, 0.2) is 0 Å². The van der Waals surface area contributed by atoms with Gasteiger partial charge in [-0.25, -0.2) is 0 Å². The highest BCUT2D eigenvalue weighted by molar-refractivity contribution is 8.23. The lowest BCUT2D eigenvalue weighted by Gasteiger charge is -2.25. The lowest BCUT2D eigenvalue weighted by Crippen LogP contribution is -2.41. The molecule has 1 amide bonds. The van der Waals surface area contributed by atoms with Crippen LogP contribution < -0.4 is 0 Å². The fraction of sp³-hybridized carbons (Fsp3) is 0.778. The van der Waals surface area contributed by atoms with Crippen LogP contribution in [0.25, 0.3) is 0 Å². The number of carbonyl (C=O) groups excluding carboxylic acids is 1. The molecule has 0 bridgehead atoms. The molecule has 0 N–H and O–H groups in total. The second kappa shape index (κ2) is 4.42. The van der Waals surface area contributed by atoms with E-state index in [1.165, 1.54) is 0 Å². The molecule has 0 saturated carbocycles. The van der Waals surface area contributed by atoms with Crippen molar-refractivity contribution in [2.24, 2.45) is 5.92 Å². The van der Waals surface area contributed by atoms with Crippen molar-refractivity contribution in [1.29, 1.82) is 0 Å². The smallest absolute Gasteiger partial charge is 0.228 e. The Hall–Kier alpha value is -0.0900. The maximum Gasteiger partial charge on any atom is 0.228 e. The number of thiocarbonyl (C=S) groups is 1. The Morgan fingerprint density at radius 2 is 2.38 bits per heavy atom. The van der Waals surface area contributed by atoms with Crippen LogP contribution in [-0.2, 0) is 4.79 Å². The molecule has 1 aliphatic heterocycles. The average Bonchev–Trinajstić information content (AvgIpc) is 2.46. The van der Waals surface area contributed by atoms with Crippen molar-refractivity contribution in [3.8, 4) is 0 Å². The summed E-state index contributed by atoms with van der Waals surface area (Å²) < 4.78 is 0.755. The van der Waals surface area contributed by atoms with Crippen molar-refractivity contribution in [2.75, 3.05) is 5.75 Å². The minimum absolute atomic E-state index is 0.161. The standard InChI is InChI=1S/C9H15NOS2/c1-4-8(11)10-7(6(2)3)5-13-9(10)12/h6-7H,4-5H2,1-3H3/t7-/m1/s1. The van der Waals surface area contributed by atoms with Crippen LogP contribution in [0.3, 0.4) is 0 Å². The summed E-state index contributed by atoms with van der Waals surface area (Å²) in [6, 6.07) is 0.310. The Morgan fingerprint density at radius 3 is 2.85 bits per heavy atom. The van der Waals surface area contributed by atoms with E-state index in [2.05, 4.69) is 13.8 Å². The first kappa shape index (κ1) is 11.0. The zero-order valence-electron chi connectivity index (χ0n) is 8.24. The Bertz CT molecular complexity index is 228. The molecule has 1 heterocycles. The van der Waals surface area contributed by atoms with Crippen LogP contribution in [0.5, 0.6) is 0 Å². The van der Waals surface area contributed by atoms with E-state index in [0.29, 0.717) is 18.4 Å². The van der Waals surface area contributed by atoms with Gasteiger partial charge in [0, 0.05) is 18.2 Å². The van der Waals surface area contributed by atoms with Crippen LogP contribution in [0.2, 0.25) is 0 Å². The fourth-order valence-electron chi connectivity index (χ4n) is 1.38. The largest absolute Gasteiger partial charge is 0.294 e. The maximum atomic E-state index is 11.6. The third kappa shape index (κ3) is 2.23. The van der Waals surface area contributed by atoms with Crippen molar-refractivity contribution in [3.63, 3.8) is 0 Å². The third-order valence-corrected chi connectivity index (χ3v) is 3.75. The molecule has 4 heteroatoms. The fourth-order valence-corrected chi connectivity index (χ4v) is 3.05. The van der Waals surface area contributed by atoms with Crippen LogP contribution in [0.1, 0.15) is 27.2 Å². The SMILES string of the molecule is CCC(=O)N1C(=S)SC[C@@H]1C(C)C. The van der Waals surface area contributed by atoms with Crippen LogP contribution in [-0.4, -0.2) is 26.9 Å². The molecule has 0 unspecified atom stereocenters. The van der Waals surface area contributed by atoms with Gasteiger partial charge in [0.15, 0.2) is 0 Å². The molecule has 0 aromatic carbocycles. The van der Waals surface area contributed by atoms with Crippen molar-refractivity contribution >= 4 is 34.2 Å². The predicted molar refractivity (Wildman–Crippen MR) is 60.8 cm³/mol. The number of carbonyl (C=O) groups is 1. The molecule has 2 nitrogen and oxygen atoms in total. The second-order valence-corrected chi connectivity index (χ2v) is 5.16. The molecule has 1 saturated heterocycles. The highest BCUT2D eigenvalue weighted by Gasteiger charge is 2.34. The summed E-state index contributed by atoms with van der Waals surface area (Å²) in [6.45, 7) is 6.15. The molecule has 0 radical (unpaired) electrons. The van der Waals surface area contributed by atoms with Gasteiger partial charge in [-0.05, 0) is 5.92 Å². The summed E-state index contributed by atoms with van der Waals surface area (Å²) in [5.74, 6) is 1.61. The zero-order valence-corrected chi connectivity index (χ0v) is 9.87. The van der Waals surface area contributed by atoms with Gasteiger partial charge in [0.25, 0.3) is 0 Å². The molecule has 0 spiro atoms. The van der Waals surface area contributed by atoms with E-state index in [1.807, 2.05) is 6.92 Å². The van der Waals surface area contributed by atoms with Gasteiger partial charge >= 0.3 is 0 Å². The van der Waals surface area contributed by atoms with E-state index in [1.54, 1.807) is 16.7 Å². The van der Waals surface area contributed by atoms with Gasteiger partial charge in [0.2, 0.25) is 5.91 Å². The lowest BCUT2D eigenvalue weighted by atomic mass is 10.1. The van der Waals surface area contributed by atoms with Crippen molar-refractivity contribution < 1.29 is 4.79 Å². The number of rotatable bonds is 2. The summed E-state index contributed by atoms with van der Waals surface area (Å²) in [7, 11) is 0. The molecule has 74 valence electrons. The Labute approximate surface area is 89.1 Å². The van der Waals surface area contributed by atoms with Gasteiger partial charge in [-0.15, -0.1) is 0 Å². The number of hydrogen-bond donors (Lipinski definition) is 0. The number of amides is 1. The van der Waals surface area contributed by atoms with Crippen LogP contribution >= 0.6 is 24.0 Å². The van der Waals surface area contributed by atoms with Crippen molar-refractivity contribution in [2.45, 2.75) is 33.2 Å². The van der Waals surface area contributed by atoms with Gasteiger partial charge in [-0.3, -0.25) is 9.69 Å². The highest BCUT2D eigenvalue weighted by atomic mass is 32.2.